The monoisotopic (exact) mass is 400 g/mol. The number of aromatic nitrogens is 3. The summed E-state index contributed by atoms with van der Waals surface area (Å²) in [4.78, 5) is 17.9. The molecule has 1 aliphatic rings. The van der Waals surface area contributed by atoms with Crippen molar-refractivity contribution in [3.63, 3.8) is 0 Å². The van der Waals surface area contributed by atoms with Crippen LogP contribution in [0.2, 0.25) is 5.02 Å². The summed E-state index contributed by atoms with van der Waals surface area (Å²) in [6.45, 7) is 3.15. The first-order valence-electron chi connectivity index (χ1n) is 8.89. The molecule has 0 amide bonds. The maximum atomic E-state index is 6.20. The standard InChI is InChI=1S/C19H21ClN6O2/c1-27-15-9-13-14(10-16(15)28-2)23-19(24-18(13)21)26-7-5-25(6-8-26)17-4-3-12(20)11-22-17/h3-4,9-11H,5-8H2,1-2H3,(H2,21,23,24). The van der Waals surface area contributed by atoms with Gasteiger partial charge in [0.25, 0.3) is 0 Å². The summed E-state index contributed by atoms with van der Waals surface area (Å²) in [5, 5.41) is 1.37. The molecule has 1 fully saturated rings. The van der Waals surface area contributed by atoms with Crippen LogP contribution in [0, 0.1) is 0 Å². The molecule has 1 saturated heterocycles. The molecule has 0 spiro atoms. The van der Waals surface area contributed by atoms with Crippen LogP contribution in [0.3, 0.4) is 0 Å². The second kappa shape index (κ2) is 7.55. The second-order valence-electron chi connectivity index (χ2n) is 6.44. The molecule has 3 aromatic rings. The first-order valence-corrected chi connectivity index (χ1v) is 9.27. The molecule has 4 rings (SSSR count). The number of halogens is 1. The summed E-state index contributed by atoms with van der Waals surface area (Å²) in [7, 11) is 3.18. The minimum atomic E-state index is 0.419. The Bertz CT molecular complexity index is 990. The van der Waals surface area contributed by atoms with Gasteiger partial charge in [-0.3, -0.25) is 0 Å². The Kier molecular flexibility index (Phi) is 4.95. The molecule has 2 aromatic heterocycles. The number of benzene rings is 1. The summed E-state index contributed by atoms with van der Waals surface area (Å²) in [5.41, 5.74) is 6.93. The normalized spacial score (nSPS) is 14.4. The van der Waals surface area contributed by atoms with E-state index in [2.05, 4.69) is 19.8 Å². The van der Waals surface area contributed by atoms with E-state index in [9.17, 15) is 0 Å². The van der Waals surface area contributed by atoms with Gasteiger partial charge in [0.15, 0.2) is 11.5 Å². The van der Waals surface area contributed by atoms with Gasteiger partial charge in [0.1, 0.15) is 11.6 Å². The molecule has 0 radical (unpaired) electrons. The lowest BCUT2D eigenvalue weighted by atomic mass is 10.2. The third-order valence-electron chi connectivity index (χ3n) is 4.82. The fourth-order valence-electron chi connectivity index (χ4n) is 3.30. The second-order valence-corrected chi connectivity index (χ2v) is 6.88. The average Bonchev–Trinajstić information content (AvgIpc) is 2.73. The Morgan fingerprint density at radius 1 is 0.964 bits per heavy atom. The van der Waals surface area contributed by atoms with Gasteiger partial charge in [0.2, 0.25) is 5.95 Å². The predicted molar refractivity (Wildman–Crippen MR) is 111 cm³/mol. The number of nitrogens with two attached hydrogens (primary N) is 1. The molecule has 0 saturated carbocycles. The van der Waals surface area contributed by atoms with Crippen LogP contribution in [0.1, 0.15) is 0 Å². The van der Waals surface area contributed by atoms with Crippen molar-refractivity contribution in [3.8, 4) is 11.5 Å². The maximum absolute atomic E-state index is 6.20. The predicted octanol–water partition coefficient (Wildman–Crippen LogP) is 2.60. The quantitative estimate of drug-likeness (QED) is 0.714. The third kappa shape index (κ3) is 3.43. The van der Waals surface area contributed by atoms with Gasteiger partial charge in [-0.15, -0.1) is 0 Å². The highest BCUT2D eigenvalue weighted by molar-refractivity contribution is 6.30. The van der Waals surface area contributed by atoms with Crippen LogP contribution in [0.5, 0.6) is 11.5 Å². The van der Waals surface area contributed by atoms with Crippen molar-refractivity contribution in [2.75, 3.05) is 55.9 Å². The molecule has 0 atom stereocenters. The number of anilines is 3. The number of nitrogen functional groups attached to an aromatic ring is 1. The summed E-state index contributed by atoms with van der Waals surface area (Å²) in [5.74, 6) is 3.16. The van der Waals surface area contributed by atoms with Crippen molar-refractivity contribution in [2.24, 2.45) is 0 Å². The van der Waals surface area contributed by atoms with Gasteiger partial charge in [-0.25, -0.2) is 9.97 Å². The van der Waals surface area contributed by atoms with E-state index in [-0.39, 0.29) is 0 Å². The number of hydrogen-bond acceptors (Lipinski definition) is 8. The molecule has 1 aliphatic heterocycles. The van der Waals surface area contributed by atoms with E-state index in [0.717, 1.165) is 42.9 Å². The van der Waals surface area contributed by atoms with Gasteiger partial charge >= 0.3 is 0 Å². The molecule has 9 heteroatoms. The highest BCUT2D eigenvalue weighted by Crippen LogP contribution is 2.34. The van der Waals surface area contributed by atoms with Crippen LogP contribution in [-0.4, -0.2) is 55.4 Å². The number of hydrogen-bond donors (Lipinski definition) is 1. The molecule has 0 bridgehead atoms. The van der Waals surface area contributed by atoms with Gasteiger partial charge in [-0.1, -0.05) is 11.6 Å². The molecule has 0 unspecified atom stereocenters. The Labute approximate surface area is 167 Å². The average molecular weight is 401 g/mol. The lowest BCUT2D eigenvalue weighted by Gasteiger charge is -2.35. The number of nitrogens with zero attached hydrogens (tertiary/aromatic N) is 5. The number of rotatable bonds is 4. The zero-order valence-corrected chi connectivity index (χ0v) is 16.5. The summed E-state index contributed by atoms with van der Waals surface area (Å²) in [6, 6.07) is 7.41. The van der Waals surface area contributed by atoms with Crippen LogP contribution < -0.4 is 25.0 Å². The maximum Gasteiger partial charge on any atom is 0.228 e. The van der Waals surface area contributed by atoms with Gasteiger partial charge in [-0.05, 0) is 18.2 Å². The van der Waals surface area contributed by atoms with E-state index in [4.69, 9.17) is 31.8 Å². The van der Waals surface area contributed by atoms with E-state index < -0.39 is 0 Å². The first kappa shape index (κ1) is 18.4. The summed E-state index contributed by atoms with van der Waals surface area (Å²) >= 11 is 5.92. The van der Waals surface area contributed by atoms with Gasteiger partial charge < -0.3 is 25.0 Å². The van der Waals surface area contributed by atoms with Crippen LogP contribution in [0.25, 0.3) is 10.9 Å². The molecule has 1 aromatic carbocycles. The molecule has 28 heavy (non-hydrogen) atoms. The SMILES string of the molecule is COc1cc2nc(N3CCN(c4ccc(Cl)cn4)CC3)nc(N)c2cc1OC. The third-order valence-corrected chi connectivity index (χ3v) is 5.04. The van der Waals surface area contributed by atoms with E-state index in [1.165, 1.54) is 0 Å². The van der Waals surface area contributed by atoms with Crippen molar-refractivity contribution in [1.82, 2.24) is 15.0 Å². The van der Waals surface area contributed by atoms with Crippen molar-refractivity contribution >= 4 is 40.1 Å². The lowest BCUT2D eigenvalue weighted by molar-refractivity contribution is 0.356. The van der Waals surface area contributed by atoms with Gasteiger partial charge in [0, 0.05) is 43.8 Å². The van der Waals surface area contributed by atoms with Crippen molar-refractivity contribution in [1.29, 1.82) is 0 Å². The van der Waals surface area contributed by atoms with E-state index in [1.807, 2.05) is 18.2 Å². The largest absolute Gasteiger partial charge is 0.493 e. The minimum Gasteiger partial charge on any atom is -0.493 e. The molecule has 0 aliphatic carbocycles. The Balaban J connectivity index is 1.57. The molecule has 3 heterocycles. The van der Waals surface area contributed by atoms with Crippen molar-refractivity contribution in [2.45, 2.75) is 0 Å². The summed E-state index contributed by atoms with van der Waals surface area (Å²) in [6.07, 6.45) is 1.66. The number of ether oxygens (including phenoxy) is 2. The number of fused-ring (bicyclic) bond motifs is 1. The van der Waals surface area contributed by atoms with E-state index >= 15 is 0 Å². The van der Waals surface area contributed by atoms with Crippen LogP contribution >= 0.6 is 11.6 Å². The fourth-order valence-corrected chi connectivity index (χ4v) is 3.41. The van der Waals surface area contributed by atoms with Gasteiger partial charge in [0.05, 0.1) is 24.8 Å². The van der Waals surface area contributed by atoms with E-state index in [0.29, 0.717) is 28.3 Å². The number of piperazine rings is 1. The highest BCUT2D eigenvalue weighted by Gasteiger charge is 2.21. The summed E-state index contributed by atoms with van der Waals surface area (Å²) < 4.78 is 10.7. The van der Waals surface area contributed by atoms with Crippen LogP contribution in [0.15, 0.2) is 30.5 Å². The molecule has 2 N–H and O–H groups in total. The number of pyridine rings is 1. The molecule has 146 valence electrons. The highest BCUT2D eigenvalue weighted by atomic mass is 35.5. The minimum absolute atomic E-state index is 0.419. The fraction of sp³-hybridized carbons (Fsp3) is 0.316. The Hall–Kier alpha value is -3.00. The molecular formula is C19H21ClN6O2. The van der Waals surface area contributed by atoms with Crippen LogP contribution in [-0.2, 0) is 0 Å². The zero-order chi connectivity index (χ0) is 19.7. The van der Waals surface area contributed by atoms with Crippen molar-refractivity contribution < 1.29 is 9.47 Å². The number of methoxy groups -OCH3 is 2. The molecular weight excluding hydrogens is 380 g/mol. The lowest BCUT2D eigenvalue weighted by Crippen LogP contribution is -2.47. The Morgan fingerprint density at radius 3 is 2.29 bits per heavy atom. The topological polar surface area (TPSA) is 89.6 Å². The zero-order valence-electron chi connectivity index (χ0n) is 15.7. The van der Waals surface area contributed by atoms with Crippen LogP contribution in [0.4, 0.5) is 17.6 Å². The smallest absolute Gasteiger partial charge is 0.228 e. The first-order chi connectivity index (χ1) is 13.6. The Morgan fingerprint density at radius 2 is 1.64 bits per heavy atom. The molecule has 8 nitrogen and oxygen atoms in total. The van der Waals surface area contributed by atoms with Crippen molar-refractivity contribution in [3.05, 3.63) is 35.5 Å². The van der Waals surface area contributed by atoms with E-state index in [1.54, 1.807) is 26.5 Å². The van der Waals surface area contributed by atoms with Gasteiger partial charge in [-0.2, -0.15) is 4.98 Å².